The third-order valence-electron chi connectivity index (χ3n) is 13.2. The van der Waals surface area contributed by atoms with Gasteiger partial charge in [-0.3, -0.25) is 4.99 Å². The van der Waals surface area contributed by atoms with Crippen LogP contribution in [0.25, 0.3) is 72.0 Å². The quantitative estimate of drug-likeness (QED) is 0.0908. The van der Waals surface area contributed by atoms with Crippen LogP contribution >= 0.6 is 0 Å². The molecule has 0 aliphatic carbocycles. The summed E-state index contributed by atoms with van der Waals surface area (Å²) in [6.45, 7) is 11.8. The Morgan fingerprint density at radius 2 is 0.932 bits per heavy atom. The molecule has 0 saturated heterocycles. The van der Waals surface area contributed by atoms with Gasteiger partial charge in [-0.2, -0.15) is 0 Å². The molecule has 74 heavy (non-hydrogen) atoms. The summed E-state index contributed by atoms with van der Waals surface area (Å²) >= 11 is 0. The predicted molar refractivity (Wildman–Crippen MR) is 320 cm³/mol. The van der Waals surface area contributed by atoms with Crippen LogP contribution in [0.15, 0.2) is 285 Å². The highest BCUT2D eigenvalue weighted by Gasteiger charge is 2.14. The van der Waals surface area contributed by atoms with Crippen molar-refractivity contribution in [3.8, 4) is 11.4 Å². The molecule has 0 aliphatic rings. The maximum absolute atomic E-state index is 6.55. The topological polar surface area (TPSA) is 48.2 Å². The second kappa shape index (κ2) is 24.2. The number of nitrogens with zero attached hydrogens (tertiary/aromatic N) is 3. The van der Waals surface area contributed by atoms with Crippen LogP contribution in [0.2, 0.25) is 0 Å². The largest absolute Gasteiger partial charge is 0.398 e. The van der Waals surface area contributed by atoms with Gasteiger partial charge in [0.15, 0.2) is 0 Å². The normalized spacial score (nSPS) is 12.3. The van der Waals surface area contributed by atoms with E-state index in [9.17, 15) is 0 Å². The van der Waals surface area contributed by atoms with E-state index in [1.54, 1.807) is 6.08 Å². The molecule has 2 N–H and O–H groups in total. The fourth-order valence-corrected chi connectivity index (χ4v) is 9.47. The van der Waals surface area contributed by atoms with Crippen molar-refractivity contribution in [2.24, 2.45) is 16.6 Å². The minimum Gasteiger partial charge on any atom is -0.398 e. The number of hydrogen-bond acceptors (Lipinski definition) is 2. The molecule has 9 aromatic carbocycles. The molecule has 0 saturated carbocycles. The number of aliphatic imine (C=N–C) groups is 1. The van der Waals surface area contributed by atoms with Crippen LogP contribution in [-0.4, -0.2) is 15.9 Å². The first-order valence-electron chi connectivity index (χ1n) is 25.3. The predicted octanol–water partition coefficient (Wildman–Crippen LogP) is 18.0. The molecule has 2 aromatic heterocycles. The SMILES string of the molecule is C=C/C=C\CC(C)/C=C(\N=C)c1ccc(-n2c3ccccc3c3ccccc32)cc1.Cc1ccccc1.N/C(=C\C(=C/Cc1ccccc1)c1ccc(-n2c3ccccc3c3ccccc32)cc1)c1ccccc1. The van der Waals surface area contributed by atoms with E-state index in [-0.39, 0.29) is 0 Å². The van der Waals surface area contributed by atoms with Crippen molar-refractivity contribution in [1.82, 2.24) is 9.13 Å². The molecule has 0 fully saturated rings. The van der Waals surface area contributed by atoms with E-state index in [2.05, 4.69) is 254 Å². The fourth-order valence-electron chi connectivity index (χ4n) is 9.47. The number of hydrogen-bond donors (Lipinski definition) is 1. The molecule has 4 nitrogen and oxygen atoms in total. The van der Waals surface area contributed by atoms with Crippen LogP contribution in [-0.2, 0) is 6.42 Å². The van der Waals surface area contributed by atoms with Crippen LogP contribution in [0.4, 0.5) is 0 Å². The molecular weight excluding hydrogens is 897 g/mol. The minimum atomic E-state index is 0.374. The molecule has 1 unspecified atom stereocenters. The number of allylic oxidation sites excluding steroid dienone is 7. The van der Waals surface area contributed by atoms with Gasteiger partial charge < -0.3 is 14.9 Å². The lowest BCUT2D eigenvalue weighted by Crippen LogP contribution is -1.98. The average molecular weight is 959 g/mol. The van der Waals surface area contributed by atoms with Gasteiger partial charge in [0.25, 0.3) is 0 Å². The third-order valence-corrected chi connectivity index (χ3v) is 13.2. The summed E-state index contributed by atoms with van der Waals surface area (Å²) in [4.78, 5) is 4.28. The van der Waals surface area contributed by atoms with Crippen LogP contribution < -0.4 is 5.73 Å². The summed E-state index contributed by atoms with van der Waals surface area (Å²) in [5.74, 6) is 0.374. The molecular formula is C70H62N4. The van der Waals surface area contributed by atoms with Crippen molar-refractivity contribution < 1.29 is 0 Å². The highest BCUT2D eigenvalue weighted by atomic mass is 15.0. The van der Waals surface area contributed by atoms with Gasteiger partial charge in [0.05, 0.1) is 27.8 Å². The molecule has 2 heterocycles. The van der Waals surface area contributed by atoms with E-state index in [0.29, 0.717) is 5.92 Å². The summed E-state index contributed by atoms with van der Waals surface area (Å²) in [7, 11) is 0. The van der Waals surface area contributed by atoms with Gasteiger partial charge in [-0.25, -0.2) is 0 Å². The van der Waals surface area contributed by atoms with Crippen molar-refractivity contribution in [1.29, 1.82) is 0 Å². The lowest BCUT2D eigenvalue weighted by atomic mass is 9.99. The summed E-state index contributed by atoms with van der Waals surface area (Å²) < 4.78 is 4.66. The van der Waals surface area contributed by atoms with E-state index in [1.165, 1.54) is 54.7 Å². The molecule has 11 aromatic rings. The first-order valence-corrected chi connectivity index (χ1v) is 25.3. The smallest absolute Gasteiger partial charge is 0.0657 e. The molecule has 11 rings (SSSR count). The van der Waals surface area contributed by atoms with Crippen LogP contribution in [0.3, 0.4) is 0 Å². The Labute approximate surface area is 436 Å². The van der Waals surface area contributed by atoms with Crippen LogP contribution in [0, 0.1) is 12.8 Å². The first-order chi connectivity index (χ1) is 36.4. The lowest BCUT2D eigenvalue weighted by Gasteiger charge is -2.11. The number of aromatic nitrogens is 2. The Morgan fingerprint density at radius 1 is 0.514 bits per heavy atom. The van der Waals surface area contributed by atoms with E-state index in [1.807, 2.05) is 54.6 Å². The molecule has 0 aliphatic heterocycles. The van der Waals surface area contributed by atoms with Gasteiger partial charge in [0.1, 0.15) is 0 Å². The number of benzene rings is 9. The Hall–Kier alpha value is -9.25. The van der Waals surface area contributed by atoms with Crippen molar-refractivity contribution >= 4 is 67.3 Å². The molecule has 0 spiro atoms. The van der Waals surface area contributed by atoms with Gasteiger partial charge in [0, 0.05) is 38.6 Å². The Balaban J connectivity index is 0.000000163. The molecule has 0 radical (unpaired) electrons. The van der Waals surface area contributed by atoms with Crippen LogP contribution in [0.5, 0.6) is 0 Å². The van der Waals surface area contributed by atoms with E-state index < -0.39 is 0 Å². The Morgan fingerprint density at radius 3 is 1.36 bits per heavy atom. The van der Waals surface area contributed by atoms with Crippen molar-refractivity contribution in [3.63, 3.8) is 0 Å². The van der Waals surface area contributed by atoms with Gasteiger partial charge in [-0.1, -0.05) is 238 Å². The number of fused-ring (bicyclic) bond motifs is 6. The Kier molecular flexibility index (Phi) is 16.3. The zero-order valence-electron chi connectivity index (χ0n) is 42.3. The van der Waals surface area contributed by atoms with Crippen molar-refractivity contribution in [2.75, 3.05) is 0 Å². The second-order valence-corrected chi connectivity index (χ2v) is 18.4. The zero-order chi connectivity index (χ0) is 51.1. The molecule has 362 valence electrons. The highest BCUT2D eigenvalue weighted by molar-refractivity contribution is 6.10. The Bertz CT molecular complexity index is 3650. The van der Waals surface area contributed by atoms with Crippen LogP contribution in [0.1, 0.15) is 41.2 Å². The standard InChI is InChI=1S/C35H28N2.C28H26N2.C7H8/c36-33(28-13-5-2-6-14-28)25-29(20-19-26-11-3-1-4-12-26)27-21-23-30(24-22-27)37-34-17-9-7-15-31(34)32-16-8-10-18-35(32)37;1-4-5-6-11-21(2)20-26(29-3)22-16-18-23(19-17-22)30-27-14-9-7-12-24(27)25-13-8-10-15-28(25)30;1-7-5-3-2-4-6-7/h1-18,20-25H,19,36H2;4-10,12-21H,1,3,11H2,2H3;2-6H,1H3/b29-20+,33-25-;6-5-,26-20-;. The van der Waals surface area contributed by atoms with E-state index >= 15 is 0 Å². The first kappa shape index (κ1) is 49.7. The summed E-state index contributed by atoms with van der Waals surface area (Å²) in [6.07, 6.45) is 14.2. The summed E-state index contributed by atoms with van der Waals surface area (Å²) in [5.41, 5.74) is 22.3. The molecule has 0 amide bonds. The minimum absolute atomic E-state index is 0.374. The highest BCUT2D eigenvalue weighted by Crippen LogP contribution is 2.34. The molecule has 4 heteroatoms. The van der Waals surface area contributed by atoms with Gasteiger partial charge >= 0.3 is 0 Å². The zero-order valence-corrected chi connectivity index (χ0v) is 42.3. The van der Waals surface area contributed by atoms with Gasteiger partial charge in [-0.15, -0.1) is 0 Å². The fraction of sp³-hybridized carbons (Fsp3) is 0.0714. The van der Waals surface area contributed by atoms with Gasteiger partial charge in [0.2, 0.25) is 0 Å². The summed E-state index contributed by atoms with van der Waals surface area (Å²) in [5, 5.41) is 5.08. The van der Waals surface area contributed by atoms with Gasteiger partial charge in [-0.05, 0) is 115 Å². The molecule has 1 atom stereocenters. The maximum atomic E-state index is 6.55. The van der Waals surface area contributed by atoms with E-state index in [4.69, 9.17) is 5.73 Å². The van der Waals surface area contributed by atoms with E-state index in [0.717, 1.165) is 57.9 Å². The maximum Gasteiger partial charge on any atom is 0.0657 e. The number of nitrogens with two attached hydrogens (primary N) is 1. The number of rotatable bonds is 13. The number of aryl methyl sites for hydroxylation is 1. The van der Waals surface area contributed by atoms with Crippen molar-refractivity contribution in [2.45, 2.75) is 26.7 Å². The monoisotopic (exact) mass is 958 g/mol. The molecule has 0 bridgehead atoms. The lowest BCUT2D eigenvalue weighted by molar-refractivity contribution is 0.745. The number of para-hydroxylation sites is 4. The second-order valence-electron chi connectivity index (χ2n) is 18.4. The third kappa shape index (κ3) is 11.7. The summed E-state index contributed by atoms with van der Waals surface area (Å²) in [6, 6.07) is 82.6. The average Bonchev–Trinajstić information content (AvgIpc) is 3.98. The van der Waals surface area contributed by atoms with Crippen molar-refractivity contribution in [3.05, 3.63) is 307 Å².